The number of amides is 2. The Morgan fingerprint density at radius 1 is 1.14 bits per heavy atom. The maximum absolute atomic E-state index is 13.1. The monoisotopic (exact) mass is 385 g/mol. The highest BCUT2D eigenvalue weighted by atomic mass is 19.1. The average Bonchev–Trinajstić information content (AvgIpc) is 2.56. The molecule has 3 rings (SSSR count). The number of carbonyl (C=O) groups is 2. The fourth-order valence-corrected chi connectivity index (χ4v) is 3.49. The lowest BCUT2D eigenvalue weighted by atomic mass is 9.64. The molecule has 1 aliphatic carbocycles. The van der Waals surface area contributed by atoms with E-state index < -0.39 is 17.0 Å². The largest absolute Gasteiger partial charge is 0.465 e. The van der Waals surface area contributed by atoms with Crippen LogP contribution in [0.4, 0.5) is 20.7 Å². The quantitative estimate of drug-likeness (QED) is 0.808. The Morgan fingerprint density at radius 3 is 2.21 bits per heavy atom. The van der Waals surface area contributed by atoms with Crippen molar-refractivity contribution in [3.63, 3.8) is 0 Å². The van der Waals surface area contributed by atoms with E-state index in [1.54, 1.807) is 39.1 Å². The smallest absolute Gasteiger partial charge is 0.413 e. The highest BCUT2D eigenvalue weighted by molar-refractivity contribution is 6.00. The van der Waals surface area contributed by atoms with Gasteiger partial charge in [-0.05, 0) is 69.5 Å². The van der Waals surface area contributed by atoms with E-state index in [9.17, 15) is 19.1 Å². The highest BCUT2D eigenvalue weighted by Crippen LogP contribution is 2.44. The molecule has 0 bridgehead atoms. The van der Waals surface area contributed by atoms with Gasteiger partial charge in [-0.3, -0.25) is 9.69 Å². The number of nitrogens with zero attached hydrogens (tertiary/aromatic N) is 2. The SMILES string of the molecule is CC(C)(C)N(C(=O)O)c1ccc(C2(C(=O)Nc3ccc(F)cc3)CCC2)cn1. The Labute approximate surface area is 163 Å². The summed E-state index contributed by atoms with van der Waals surface area (Å²) >= 11 is 0. The van der Waals surface area contributed by atoms with Crippen LogP contribution in [0, 0.1) is 5.82 Å². The number of halogens is 1. The van der Waals surface area contributed by atoms with Crippen LogP contribution in [0.3, 0.4) is 0 Å². The fourth-order valence-electron chi connectivity index (χ4n) is 3.49. The molecule has 0 spiro atoms. The van der Waals surface area contributed by atoms with Crippen molar-refractivity contribution >= 4 is 23.5 Å². The van der Waals surface area contributed by atoms with E-state index in [4.69, 9.17) is 0 Å². The van der Waals surface area contributed by atoms with Gasteiger partial charge in [0, 0.05) is 17.4 Å². The average molecular weight is 385 g/mol. The minimum atomic E-state index is -1.08. The molecule has 0 saturated heterocycles. The van der Waals surface area contributed by atoms with Crippen molar-refractivity contribution in [3.8, 4) is 0 Å². The van der Waals surface area contributed by atoms with Crippen LogP contribution < -0.4 is 10.2 Å². The third-order valence-corrected chi connectivity index (χ3v) is 5.14. The summed E-state index contributed by atoms with van der Waals surface area (Å²) in [6.07, 6.45) is 2.79. The molecule has 1 saturated carbocycles. The van der Waals surface area contributed by atoms with E-state index in [2.05, 4.69) is 10.3 Å². The number of rotatable bonds is 4. The first-order valence-corrected chi connectivity index (χ1v) is 9.20. The number of pyridine rings is 1. The van der Waals surface area contributed by atoms with Crippen LogP contribution in [0.1, 0.15) is 45.6 Å². The summed E-state index contributed by atoms with van der Waals surface area (Å²) in [4.78, 5) is 30.1. The van der Waals surface area contributed by atoms with Gasteiger partial charge in [0.1, 0.15) is 11.6 Å². The van der Waals surface area contributed by atoms with Crippen LogP contribution in [-0.4, -0.2) is 27.6 Å². The summed E-state index contributed by atoms with van der Waals surface area (Å²) in [5.41, 5.74) is -0.0575. The number of carboxylic acid groups (broad SMARTS) is 1. The minimum Gasteiger partial charge on any atom is -0.465 e. The summed E-state index contributed by atoms with van der Waals surface area (Å²) in [6.45, 7) is 5.38. The zero-order chi connectivity index (χ0) is 20.5. The lowest BCUT2D eigenvalue weighted by molar-refractivity contribution is -0.124. The molecule has 0 unspecified atom stereocenters. The van der Waals surface area contributed by atoms with E-state index in [0.29, 0.717) is 24.3 Å². The van der Waals surface area contributed by atoms with Gasteiger partial charge in [-0.1, -0.05) is 12.5 Å². The van der Waals surface area contributed by atoms with Crippen LogP contribution in [-0.2, 0) is 10.2 Å². The number of nitrogens with one attached hydrogen (secondary N) is 1. The molecule has 2 N–H and O–H groups in total. The normalized spacial score (nSPS) is 15.4. The van der Waals surface area contributed by atoms with Gasteiger partial charge in [0.05, 0.1) is 5.41 Å². The molecular weight excluding hydrogens is 361 g/mol. The Hall–Kier alpha value is -2.96. The highest BCUT2D eigenvalue weighted by Gasteiger charge is 2.46. The second-order valence-electron chi connectivity index (χ2n) is 8.09. The maximum Gasteiger partial charge on any atom is 0.413 e. The van der Waals surface area contributed by atoms with E-state index in [1.165, 1.54) is 29.2 Å². The first-order valence-electron chi connectivity index (χ1n) is 9.20. The molecule has 2 aromatic rings. The number of carbonyl (C=O) groups excluding carboxylic acids is 1. The van der Waals surface area contributed by atoms with Gasteiger partial charge >= 0.3 is 6.09 Å². The Kier molecular flexibility index (Phi) is 5.10. The molecule has 1 aliphatic rings. The summed E-state index contributed by atoms with van der Waals surface area (Å²) < 4.78 is 13.1. The van der Waals surface area contributed by atoms with Gasteiger partial charge in [0.2, 0.25) is 5.91 Å². The Balaban J connectivity index is 1.85. The van der Waals surface area contributed by atoms with Gasteiger partial charge < -0.3 is 10.4 Å². The van der Waals surface area contributed by atoms with E-state index in [1.807, 2.05) is 0 Å². The van der Waals surface area contributed by atoms with Crippen molar-refractivity contribution in [1.82, 2.24) is 4.98 Å². The second kappa shape index (κ2) is 7.22. The molecule has 6 nitrogen and oxygen atoms in total. The predicted octanol–water partition coefficient (Wildman–Crippen LogP) is 4.56. The molecule has 0 radical (unpaired) electrons. The van der Waals surface area contributed by atoms with Crippen LogP contribution in [0.25, 0.3) is 0 Å². The van der Waals surface area contributed by atoms with Crippen LogP contribution in [0.2, 0.25) is 0 Å². The van der Waals surface area contributed by atoms with Crippen molar-refractivity contribution in [3.05, 3.63) is 54.0 Å². The lowest BCUT2D eigenvalue weighted by Crippen LogP contribution is -2.47. The predicted molar refractivity (Wildman–Crippen MR) is 105 cm³/mol. The van der Waals surface area contributed by atoms with Crippen molar-refractivity contribution in [1.29, 1.82) is 0 Å². The fraction of sp³-hybridized carbons (Fsp3) is 0.381. The van der Waals surface area contributed by atoms with Gasteiger partial charge in [0.15, 0.2) is 0 Å². The topological polar surface area (TPSA) is 82.5 Å². The zero-order valence-electron chi connectivity index (χ0n) is 16.2. The number of anilines is 2. The van der Waals surface area contributed by atoms with Crippen LogP contribution in [0.5, 0.6) is 0 Å². The van der Waals surface area contributed by atoms with Crippen molar-refractivity contribution in [2.75, 3.05) is 10.2 Å². The number of hydrogen-bond acceptors (Lipinski definition) is 3. The zero-order valence-corrected chi connectivity index (χ0v) is 16.2. The van der Waals surface area contributed by atoms with Crippen LogP contribution >= 0.6 is 0 Å². The molecular formula is C21H24FN3O3. The molecule has 1 heterocycles. The third-order valence-electron chi connectivity index (χ3n) is 5.14. The molecule has 2 amide bonds. The van der Waals surface area contributed by atoms with Crippen molar-refractivity contribution in [2.24, 2.45) is 0 Å². The van der Waals surface area contributed by atoms with E-state index in [-0.39, 0.29) is 11.7 Å². The number of aromatic nitrogens is 1. The summed E-state index contributed by atoms with van der Waals surface area (Å²) in [6, 6.07) is 9.05. The van der Waals surface area contributed by atoms with E-state index in [0.717, 1.165) is 12.0 Å². The lowest BCUT2D eigenvalue weighted by Gasteiger charge is -2.40. The van der Waals surface area contributed by atoms with E-state index >= 15 is 0 Å². The molecule has 28 heavy (non-hydrogen) atoms. The summed E-state index contributed by atoms with van der Waals surface area (Å²) in [7, 11) is 0. The van der Waals surface area contributed by atoms with Crippen molar-refractivity contribution < 1.29 is 19.1 Å². The van der Waals surface area contributed by atoms with Gasteiger partial charge in [-0.25, -0.2) is 14.2 Å². The summed E-state index contributed by atoms with van der Waals surface area (Å²) in [5.74, 6) is -0.207. The standard InChI is InChI=1S/C21H24FN3O3/c1-20(2,3)25(19(27)28)17-10-5-14(13-23-17)21(11-4-12-21)18(26)24-16-8-6-15(22)7-9-16/h5-10,13H,4,11-12H2,1-3H3,(H,24,26)(H,27,28). The first kappa shape index (κ1) is 19.8. The summed E-state index contributed by atoms with van der Waals surface area (Å²) in [5, 5.41) is 12.4. The van der Waals surface area contributed by atoms with Gasteiger partial charge in [-0.15, -0.1) is 0 Å². The molecule has 148 valence electrons. The molecule has 7 heteroatoms. The molecule has 1 aromatic heterocycles. The Bertz CT molecular complexity index is 869. The van der Waals surface area contributed by atoms with Crippen molar-refractivity contribution in [2.45, 2.75) is 51.0 Å². The molecule has 1 fully saturated rings. The third kappa shape index (κ3) is 3.69. The van der Waals surface area contributed by atoms with Gasteiger partial charge in [0.25, 0.3) is 0 Å². The number of benzene rings is 1. The minimum absolute atomic E-state index is 0.161. The second-order valence-corrected chi connectivity index (χ2v) is 8.09. The van der Waals surface area contributed by atoms with Gasteiger partial charge in [-0.2, -0.15) is 0 Å². The first-order chi connectivity index (χ1) is 13.1. The number of hydrogen-bond donors (Lipinski definition) is 2. The molecule has 0 atom stereocenters. The molecule has 0 aliphatic heterocycles. The molecule has 1 aromatic carbocycles. The maximum atomic E-state index is 13.1. The van der Waals surface area contributed by atoms with Crippen LogP contribution in [0.15, 0.2) is 42.6 Å². The Morgan fingerprint density at radius 2 is 1.79 bits per heavy atom.